The zero-order chi connectivity index (χ0) is 30.9. The number of para-hydroxylation sites is 1. The van der Waals surface area contributed by atoms with Gasteiger partial charge >= 0.3 is 5.63 Å². The molecular formula is C36H36N4O5. The lowest BCUT2D eigenvalue weighted by Crippen LogP contribution is -2.47. The first-order valence-corrected chi connectivity index (χ1v) is 15.8. The minimum absolute atomic E-state index is 0.0213. The van der Waals surface area contributed by atoms with E-state index in [0.29, 0.717) is 48.4 Å². The molecule has 2 aliphatic heterocycles. The number of nitrogens with one attached hydrogen (secondary N) is 2. The predicted octanol–water partition coefficient (Wildman–Crippen LogP) is 5.45. The Balaban J connectivity index is 1.18. The fourth-order valence-electron chi connectivity index (χ4n) is 7.13. The van der Waals surface area contributed by atoms with Gasteiger partial charge in [0.25, 0.3) is 17.4 Å². The maximum absolute atomic E-state index is 13.6. The zero-order valence-corrected chi connectivity index (χ0v) is 25.1. The summed E-state index contributed by atoms with van der Waals surface area (Å²) in [6, 6.07) is 19.4. The van der Waals surface area contributed by atoms with E-state index >= 15 is 0 Å². The quantitative estimate of drug-likeness (QED) is 0.214. The third-order valence-corrected chi connectivity index (χ3v) is 9.33. The van der Waals surface area contributed by atoms with Crippen LogP contribution in [0.1, 0.15) is 70.9 Å². The number of pyridine rings is 1. The molecule has 2 aromatic heterocycles. The van der Waals surface area contributed by atoms with Gasteiger partial charge in [-0.2, -0.15) is 0 Å². The summed E-state index contributed by atoms with van der Waals surface area (Å²) in [6.45, 7) is 2.53. The predicted molar refractivity (Wildman–Crippen MR) is 174 cm³/mol. The van der Waals surface area contributed by atoms with Crippen molar-refractivity contribution in [3.05, 3.63) is 116 Å². The Hall–Kier alpha value is -4.92. The SMILES string of the molecule is O=C(NCCC1=CCCCC1)c1ccc(N2C[C@H]3C[C@@H](C2)c2cccc(=O)n2C3)c(NC(=O)c2cc3ccccc3oc2=O)c1. The number of anilines is 2. The van der Waals surface area contributed by atoms with Gasteiger partial charge in [-0.3, -0.25) is 14.4 Å². The average molecular weight is 605 g/mol. The molecule has 7 rings (SSSR count). The molecule has 45 heavy (non-hydrogen) atoms. The Bertz CT molecular complexity index is 1940. The summed E-state index contributed by atoms with van der Waals surface area (Å²) in [7, 11) is 0. The molecule has 4 heterocycles. The van der Waals surface area contributed by atoms with Crippen LogP contribution in [0, 0.1) is 5.92 Å². The van der Waals surface area contributed by atoms with Crippen LogP contribution >= 0.6 is 0 Å². The molecular weight excluding hydrogens is 568 g/mol. The summed E-state index contributed by atoms with van der Waals surface area (Å²) in [5, 5.41) is 6.61. The van der Waals surface area contributed by atoms with Gasteiger partial charge in [-0.15, -0.1) is 0 Å². The fourth-order valence-corrected chi connectivity index (χ4v) is 7.13. The highest BCUT2D eigenvalue weighted by molar-refractivity contribution is 6.08. The second-order valence-electron chi connectivity index (χ2n) is 12.4. The molecule has 0 saturated carbocycles. The fraction of sp³-hybridized carbons (Fsp3) is 0.333. The lowest BCUT2D eigenvalue weighted by Gasteiger charge is -2.44. The maximum Gasteiger partial charge on any atom is 0.349 e. The van der Waals surface area contributed by atoms with E-state index in [1.54, 1.807) is 36.4 Å². The number of hydrogen-bond acceptors (Lipinski definition) is 6. The molecule has 4 aromatic rings. The number of piperidine rings is 1. The molecule has 2 N–H and O–H groups in total. The maximum atomic E-state index is 13.6. The van der Waals surface area contributed by atoms with Gasteiger partial charge in [0.1, 0.15) is 11.1 Å². The Morgan fingerprint density at radius 2 is 1.80 bits per heavy atom. The first-order valence-electron chi connectivity index (χ1n) is 15.8. The van der Waals surface area contributed by atoms with Gasteiger partial charge < -0.3 is 24.5 Å². The van der Waals surface area contributed by atoms with Crippen LogP contribution in [-0.4, -0.2) is 36.0 Å². The molecule has 9 heteroatoms. The van der Waals surface area contributed by atoms with E-state index in [0.717, 1.165) is 37.1 Å². The molecule has 9 nitrogen and oxygen atoms in total. The van der Waals surface area contributed by atoms with Gasteiger partial charge in [-0.05, 0) is 80.8 Å². The lowest BCUT2D eigenvalue weighted by atomic mass is 9.83. The van der Waals surface area contributed by atoms with Crippen molar-refractivity contribution in [2.24, 2.45) is 5.92 Å². The van der Waals surface area contributed by atoms with Gasteiger partial charge in [-0.1, -0.05) is 35.9 Å². The largest absolute Gasteiger partial charge is 0.422 e. The molecule has 3 aliphatic rings. The third kappa shape index (κ3) is 5.94. The summed E-state index contributed by atoms with van der Waals surface area (Å²) in [4.78, 5) is 54.5. The number of carbonyl (C=O) groups excluding carboxylic acids is 2. The van der Waals surface area contributed by atoms with Crippen molar-refractivity contribution < 1.29 is 14.0 Å². The molecule has 1 saturated heterocycles. The molecule has 1 fully saturated rings. The summed E-state index contributed by atoms with van der Waals surface area (Å²) >= 11 is 0. The standard InChI is InChI=1S/C36H36N4O5/c41-33-12-6-10-30-27-17-24(21-40(30)33)20-39(22-27)31-14-13-26(34(42)37-16-15-23-7-2-1-3-8-23)19-29(31)38-35(43)28-18-25-9-4-5-11-32(25)45-36(28)44/h4-7,9-14,18-19,24,27H,1-3,8,15-17,20-22H2,(H,37,42)(H,38,43)/t24-,27+/m1/s1. The van der Waals surface area contributed by atoms with E-state index < -0.39 is 11.5 Å². The summed E-state index contributed by atoms with van der Waals surface area (Å²) < 4.78 is 7.31. The second kappa shape index (κ2) is 12.2. The summed E-state index contributed by atoms with van der Waals surface area (Å²) in [6.07, 6.45) is 8.69. The molecule has 230 valence electrons. The van der Waals surface area contributed by atoms with Crippen molar-refractivity contribution in [1.29, 1.82) is 0 Å². The Morgan fingerprint density at radius 3 is 2.67 bits per heavy atom. The molecule has 2 bridgehead atoms. The zero-order valence-electron chi connectivity index (χ0n) is 25.1. The Labute approximate surface area is 260 Å². The van der Waals surface area contributed by atoms with Crippen LogP contribution in [0.25, 0.3) is 11.0 Å². The number of fused-ring (bicyclic) bond motifs is 5. The van der Waals surface area contributed by atoms with Crippen molar-refractivity contribution in [3.63, 3.8) is 0 Å². The highest BCUT2D eigenvalue weighted by atomic mass is 16.4. The molecule has 1 aliphatic carbocycles. The monoisotopic (exact) mass is 604 g/mol. The number of rotatable bonds is 7. The molecule has 2 amide bonds. The average Bonchev–Trinajstić information content (AvgIpc) is 3.05. The molecule has 0 unspecified atom stereocenters. The Morgan fingerprint density at radius 1 is 0.911 bits per heavy atom. The number of benzene rings is 2. The highest BCUT2D eigenvalue weighted by Crippen LogP contribution is 2.39. The molecule has 2 aromatic carbocycles. The van der Waals surface area contributed by atoms with Crippen molar-refractivity contribution in [2.75, 3.05) is 29.9 Å². The van der Waals surface area contributed by atoms with Crippen molar-refractivity contribution >= 4 is 34.2 Å². The van der Waals surface area contributed by atoms with Crippen LogP contribution in [0.4, 0.5) is 11.4 Å². The number of carbonyl (C=O) groups is 2. The Kier molecular flexibility index (Phi) is 7.83. The van der Waals surface area contributed by atoms with E-state index in [1.807, 2.05) is 28.8 Å². The summed E-state index contributed by atoms with van der Waals surface area (Å²) in [5.41, 5.74) is 3.62. The number of amides is 2. The first kappa shape index (κ1) is 28.8. The smallest absolute Gasteiger partial charge is 0.349 e. The van der Waals surface area contributed by atoms with Crippen LogP contribution in [-0.2, 0) is 6.54 Å². The lowest BCUT2D eigenvalue weighted by molar-refractivity contribution is 0.0952. The van der Waals surface area contributed by atoms with Crippen LogP contribution in [0.3, 0.4) is 0 Å². The molecule has 0 radical (unpaired) electrons. The van der Waals surface area contributed by atoms with Crippen LogP contribution in [0.5, 0.6) is 0 Å². The minimum atomic E-state index is -0.729. The number of allylic oxidation sites excluding steroid dienone is 1. The van der Waals surface area contributed by atoms with Crippen molar-refractivity contribution in [3.8, 4) is 0 Å². The molecule has 0 spiro atoms. The van der Waals surface area contributed by atoms with Crippen molar-refractivity contribution in [2.45, 2.75) is 51.0 Å². The van der Waals surface area contributed by atoms with E-state index in [-0.39, 0.29) is 28.9 Å². The van der Waals surface area contributed by atoms with Gasteiger partial charge in [0.05, 0.1) is 11.4 Å². The highest BCUT2D eigenvalue weighted by Gasteiger charge is 2.35. The second-order valence-corrected chi connectivity index (χ2v) is 12.4. The van der Waals surface area contributed by atoms with E-state index in [2.05, 4.69) is 21.6 Å². The number of hydrogen-bond donors (Lipinski definition) is 2. The van der Waals surface area contributed by atoms with Crippen molar-refractivity contribution in [1.82, 2.24) is 9.88 Å². The van der Waals surface area contributed by atoms with E-state index in [1.165, 1.54) is 24.5 Å². The van der Waals surface area contributed by atoms with Crippen LogP contribution < -0.4 is 26.7 Å². The van der Waals surface area contributed by atoms with Crippen LogP contribution in [0.2, 0.25) is 0 Å². The third-order valence-electron chi connectivity index (χ3n) is 9.33. The number of aromatic nitrogens is 1. The molecule has 2 atom stereocenters. The van der Waals surface area contributed by atoms with Gasteiger partial charge in [-0.25, -0.2) is 4.79 Å². The van der Waals surface area contributed by atoms with E-state index in [9.17, 15) is 19.2 Å². The summed E-state index contributed by atoms with van der Waals surface area (Å²) in [5.74, 6) is -0.418. The van der Waals surface area contributed by atoms with Gasteiger partial charge in [0, 0.05) is 54.8 Å². The van der Waals surface area contributed by atoms with Gasteiger partial charge in [0.15, 0.2) is 0 Å². The minimum Gasteiger partial charge on any atom is -0.422 e. The number of nitrogens with zero attached hydrogens (tertiary/aromatic N) is 2. The first-order chi connectivity index (χ1) is 21.9. The van der Waals surface area contributed by atoms with Gasteiger partial charge in [0.2, 0.25) is 0 Å². The topological polar surface area (TPSA) is 114 Å². The van der Waals surface area contributed by atoms with E-state index in [4.69, 9.17) is 4.42 Å². The van der Waals surface area contributed by atoms with Crippen LogP contribution in [0.15, 0.2) is 92.4 Å². The normalized spacial score (nSPS) is 19.0.